The Hall–Kier alpha value is -0.540. The highest BCUT2D eigenvalue weighted by molar-refractivity contribution is 9.10. The Balaban J connectivity index is 1.95. The highest BCUT2D eigenvalue weighted by atomic mass is 79.9. The van der Waals surface area contributed by atoms with Gasteiger partial charge in [0.05, 0.1) is 11.6 Å². The van der Waals surface area contributed by atoms with Crippen molar-refractivity contribution in [3.05, 3.63) is 28.2 Å². The zero-order valence-corrected chi connectivity index (χ0v) is 14.2. The number of nitrogens with one attached hydrogen (secondary N) is 1. The number of benzene rings is 1. The highest BCUT2D eigenvalue weighted by Gasteiger charge is 2.15. The molecule has 1 fully saturated rings. The number of methoxy groups -OCH3 is 1. The average molecular weight is 340 g/mol. The second-order valence-electron chi connectivity index (χ2n) is 5.82. The molecule has 0 saturated heterocycles. The van der Waals surface area contributed by atoms with Crippen molar-refractivity contribution in [2.75, 3.05) is 7.11 Å². The van der Waals surface area contributed by atoms with Crippen LogP contribution < -0.4 is 10.1 Å². The van der Waals surface area contributed by atoms with Crippen LogP contribution in [0.2, 0.25) is 0 Å². The van der Waals surface area contributed by atoms with E-state index in [1.54, 1.807) is 7.11 Å². The third kappa shape index (κ3) is 4.49. The van der Waals surface area contributed by atoms with Crippen molar-refractivity contribution in [3.63, 3.8) is 0 Å². The van der Waals surface area contributed by atoms with E-state index in [1.807, 2.05) is 6.07 Å². The van der Waals surface area contributed by atoms with Crippen molar-refractivity contribution < 1.29 is 4.74 Å². The lowest BCUT2D eigenvalue weighted by Crippen LogP contribution is -2.32. The molecule has 0 radical (unpaired) electrons. The summed E-state index contributed by atoms with van der Waals surface area (Å²) >= 11 is 3.57. The minimum atomic E-state index is 0.390. The van der Waals surface area contributed by atoms with E-state index in [0.717, 1.165) is 10.2 Å². The maximum Gasteiger partial charge on any atom is 0.133 e. The standard InChI is InChI=1S/C17H26BrNO/c1-13(14-10-11-17(20-2)16(18)12-14)19-15-8-6-4-3-5-7-9-15/h10-13,15,19H,3-9H2,1-2H3. The van der Waals surface area contributed by atoms with Crippen molar-refractivity contribution in [1.82, 2.24) is 5.32 Å². The molecule has 1 atom stereocenters. The normalized spacial score (nSPS) is 19.1. The van der Waals surface area contributed by atoms with Gasteiger partial charge < -0.3 is 10.1 Å². The molecule has 2 rings (SSSR count). The monoisotopic (exact) mass is 339 g/mol. The molecular formula is C17H26BrNO. The van der Waals surface area contributed by atoms with Gasteiger partial charge in [-0.1, -0.05) is 38.2 Å². The Morgan fingerprint density at radius 3 is 2.40 bits per heavy atom. The number of ether oxygens (including phenoxy) is 1. The molecule has 1 saturated carbocycles. The highest BCUT2D eigenvalue weighted by Crippen LogP contribution is 2.28. The lowest BCUT2D eigenvalue weighted by Gasteiger charge is -2.25. The fourth-order valence-electron chi connectivity index (χ4n) is 3.02. The number of halogens is 1. The summed E-state index contributed by atoms with van der Waals surface area (Å²) in [5.74, 6) is 0.895. The molecule has 3 heteroatoms. The van der Waals surface area contributed by atoms with E-state index in [0.29, 0.717) is 12.1 Å². The summed E-state index contributed by atoms with van der Waals surface area (Å²) in [6.07, 6.45) is 9.62. The summed E-state index contributed by atoms with van der Waals surface area (Å²) < 4.78 is 6.32. The quantitative estimate of drug-likeness (QED) is 0.811. The second kappa shape index (κ2) is 8.04. The van der Waals surface area contributed by atoms with Crippen LogP contribution in [-0.2, 0) is 0 Å². The second-order valence-corrected chi connectivity index (χ2v) is 6.68. The van der Waals surface area contributed by atoms with Crippen LogP contribution in [0, 0.1) is 0 Å². The van der Waals surface area contributed by atoms with Gasteiger partial charge >= 0.3 is 0 Å². The first-order valence-corrected chi connectivity index (χ1v) is 8.59. The summed E-state index contributed by atoms with van der Waals surface area (Å²) in [7, 11) is 1.70. The third-order valence-electron chi connectivity index (χ3n) is 4.27. The molecule has 1 unspecified atom stereocenters. The van der Waals surface area contributed by atoms with Crippen LogP contribution in [-0.4, -0.2) is 13.2 Å². The minimum absolute atomic E-state index is 0.390. The summed E-state index contributed by atoms with van der Waals surface area (Å²) in [5.41, 5.74) is 1.32. The number of hydrogen-bond donors (Lipinski definition) is 1. The van der Waals surface area contributed by atoms with Gasteiger partial charge in [-0.05, 0) is 53.4 Å². The van der Waals surface area contributed by atoms with Gasteiger partial charge in [0.15, 0.2) is 0 Å². The lowest BCUT2D eigenvalue weighted by atomic mass is 9.95. The number of rotatable bonds is 4. The van der Waals surface area contributed by atoms with Gasteiger partial charge in [-0.15, -0.1) is 0 Å². The molecule has 1 aromatic rings. The molecule has 0 bridgehead atoms. The van der Waals surface area contributed by atoms with Crippen LogP contribution in [0.1, 0.15) is 63.5 Å². The molecule has 1 N–H and O–H groups in total. The molecule has 0 spiro atoms. The molecule has 0 aromatic heterocycles. The van der Waals surface area contributed by atoms with E-state index in [-0.39, 0.29) is 0 Å². The molecule has 1 aliphatic carbocycles. The van der Waals surface area contributed by atoms with Crippen LogP contribution >= 0.6 is 15.9 Å². The van der Waals surface area contributed by atoms with Crippen molar-refractivity contribution in [3.8, 4) is 5.75 Å². The predicted octanol–water partition coefficient (Wildman–Crippen LogP) is 5.22. The third-order valence-corrected chi connectivity index (χ3v) is 4.89. The van der Waals surface area contributed by atoms with Crippen molar-refractivity contribution in [1.29, 1.82) is 0 Å². The SMILES string of the molecule is COc1ccc(C(C)NC2CCCCCCC2)cc1Br. The van der Waals surface area contributed by atoms with Gasteiger partial charge in [-0.25, -0.2) is 0 Å². The van der Waals surface area contributed by atoms with E-state index in [4.69, 9.17) is 4.74 Å². The zero-order chi connectivity index (χ0) is 14.4. The molecular weight excluding hydrogens is 314 g/mol. The van der Waals surface area contributed by atoms with Crippen molar-refractivity contribution in [2.24, 2.45) is 0 Å². The van der Waals surface area contributed by atoms with E-state index < -0.39 is 0 Å². The van der Waals surface area contributed by atoms with Crippen LogP contribution in [0.25, 0.3) is 0 Å². The molecule has 1 aromatic carbocycles. The molecule has 20 heavy (non-hydrogen) atoms. The Morgan fingerprint density at radius 2 is 1.80 bits per heavy atom. The Kier molecular flexibility index (Phi) is 6.37. The predicted molar refractivity (Wildman–Crippen MR) is 88.4 cm³/mol. The zero-order valence-electron chi connectivity index (χ0n) is 12.6. The van der Waals surface area contributed by atoms with Gasteiger partial charge in [0.25, 0.3) is 0 Å². The van der Waals surface area contributed by atoms with Crippen LogP contribution in [0.15, 0.2) is 22.7 Å². The van der Waals surface area contributed by atoms with E-state index in [2.05, 4.69) is 40.3 Å². The summed E-state index contributed by atoms with van der Waals surface area (Å²) in [5, 5.41) is 3.81. The Labute approximate surface area is 131 Å². The molecule has 0 heterocycles. The minimum Gasteiger partial charge on any atom is -0.496 e. The first kappa shape index (κ1) is 15.8. The van der Waals surface area contributed by atoms with Crippen molar-refractivity contribution in [2.45, 2.75) is 64.0 Å². The average Bonchev–Trinajstić information content (AvgIpc) is 2.41. The largest absolute Gasteiger partial charge is 0.496 e. The fraction of sp³-hybridized carbons (Fsp3) is 0.647. The smallest absolute Gasteiger partial charge is 0.133 e. The van der Waals surface area contributed by atoms with Gasteiger partial charge in [0, 0.05) is 12.1 Å². The summed E-state index contributed by atoms with van der Waals surface area (Å²) in [6.45, 7) is 2.26. The number of hydrogen-bond acceptors (Lipinski definition) is 2. The van der Waals surface area contributed by atoms with Gasteiger partial charge in [0.2, 0.25) is 0 Å². The Morgan fingerprint density at radius 1 is 1.15 bits per heavy atom. The van der Waals surface area contributed by atoms with E-state index in [9.17, 15) is 0 Å². The van der Waals surface area contributed by atoms with E-state index >= 15 is 0 Å². The van der Waals surface area contributed by atoms with Crippen LogP contribution in [0.3, 0.4) is 0 Å². The first-order valence-electron chi connectivity index (χ1n) is 7.80. The maximum absolute atomic E-state index is 5.29. The van der Waals surface area contributed by atoms with Crippen LogP contribution in [0.4, 0.5) is 0 Å². The Bertz CT molecular complexity index is 413. The fourth-order valence-corrected chi connectivity index (χ4v) is 3.58. The van der Waals surface area contributed by atoms with Gasteiger partial charge in [0.1, 0.15) is 5.75 Å². The molecule has 0 amide bonds. The molecule has 2 nitrogen and oxygen atoms in total. The molecule has 1 aliphatic rings. The topological polar surface area (TPSA) is 21.3 Å². The first-order chi connectivity index (χ1) is 9.70. The van der Waals surface area contributed by atoms with Gasteiger partial charge in [-0.2, -0.15) is 0 Å². The van der Waals surface area contributed by atoms with Crippen LogP contribution in [0.5, 0.6) is 5.75 Å². The molecule has 112 valence electrons. The summed E-state index contributed by atoms with van der Waals surface area (Å²) in [6, 6.07) is 7.42. The van der Waals surface area contributed by atoms with Crippen molar-refractivity contribution >= 4 is 15.9 Å². The van der Waals surface area contributed by atoms with Gasteiger partial charge in [-0.3, -0.25) is 0 Å². The maximum atomic E-state index is 5.29. The summed E-state index contributed by atoms with van der Waals surface area (Å²) in [4.78, 5) is 0. The van der Waals surface area contributed by atoms with E-state index in [1.165, 1.54) is 50.5 Å². The molecule has 0 aliphatic heterocycles. The lowest BCUT2D eigenvalue weighted by molar-refractivity contribution is 0.362.